The molecule has 0 fully saturated rings. The standard InChI is InChI=1S/C13H13N3S2/c1-9(7-10-4-6-18-8-10)16-12-11(15-13(16)17)3-2-5-14-12/h2-6,8-9H,7H2,1H3,(H,15,17). The third-order valence-corrected chi connectivity index (χ3v) is 4.06. The van der Waals surface area contributed by atoms with Crippen LogP contribution in [0.2, 0.25) is 0 Å². The second-order valence-electron chi connectivity index (χ2n) is 4.36. The van der Waals surface area contributed by atoms with Gasteiger partial charge in [0.15, 0.2) is 10.4 Å². The number of hydrogen-bond acceptors (Lipinski definition) is 3. The van der Waals surface area contributed by atoms with Crippen LogP contribution in [0.3, 0.4) is 0 Å². The highest BCUT2D eigenvalue weighted by molar-refractivity contribution is 7.71. The van der Waals surface area contributed by atoms with E-state index in [4.69, 9.17) is 12.2 Å². The molecule has 3 nitrogen and oxygen atoms in total. The summed E-state index contributed by atoms with van der Waals surface area (Å²) >= 11 is 7.12. The van der Waals surface area contributed by atoms with Crippen molar-refractivity contribution in [3.63, 3.8) is 0 Å². The van der Waals surface area contributed by atoms with Crippen molar-refractivity contribution in [2.24, 2.45) is 0 Å². The maximum absolute atomic E-state index is 5.39. The van der Waals surface area contributed by atoms with Crippen LogP contribution >= 0.6 is 23.6 Å². The Bertz CT molecular complexity index is 709. The zero-order valence-corrected chi connectivity index (χ0v) is 11.6. The van der Waals surface area contributed by atoms with Crippen LogP contribution in [0.25, 0.3) is 11.2 Å². The minimum absolute atomic E-state index is 0.302. The molecular weight excluding hydrogens is 262 g/mol. The Morgan fingerprint density at radius 2 is 2.39 bits per heavy atom. The van der Waals surface area contributed by atoms with Gasteiger partial charge in [-0.15, -0.1) is 0 Å². The van der Waals surface area contributed by atoms with Gasteiger partial charge in [0, 0.05) is 12.2 Å². The average molecular weight is 275 g/mol. The van der Waals surface area contributed by atoms with Crippen molar-refractivity contribution in [3.05, 3.63) is 45.5 Å². The fourth-order valence-corrected chi connectivity index (χ4v) is 3.27. The summed E-state index contributed by atoms with van der Waals surface area (Å²) in [6.07, 6.45) is 2.78. The molecule has 0 amide bonds. The van der Waals surface area contributed by atoms with Crippen molar-refractivity contribution >= 4 is 34.7 Å². The van der Waals surface area contributed by atoms with Crippen molar-refractivity contribution in [1.82, 2.24) is 14.5 Å². The Balaban J connectivity index is 2.03. The van der Waals surface area contributed by atoms with Crippen molar-refractivity contribution in [1.29, 1.82) is 0 Å². The minimum Gasteiger partial charge on any atom is -0.329 e. The lowest BCUT2D eigenvalue weighted by atomic mass is 10.1. The highest BCUT2D eigenvalue weighted by Gasteiger charge is 2.12. The molecule has 1 unspecified atom stereocenters. The van der Waals surface area contributed by atoms with E-state index in [0.717, 1.165) is 22.4 Å². The molecule has 0 aliphatic carbocycles. The van der Waals surface area contributed by atoms with E-state index in [1.807, 2.05) is 12.1 Å². The summed E-state index contributed by atoms with van der Waals surface area (Å²) < 4.78 is 2.84. The summed E-state index contributed by atoms with van der Waals surface area (Å²) in [6, 6.07) is 6.39. The third-order valence-electron chi connectivity index (χ3n) is 3.03. The van der Waals surface area contributed by atoms with E-state index < -0.39 is 0 Å². The van der Waals surface area contributed by atoms with Crippen molar-refractivity contribution in [2.45, 2.75) is 19.4 Å². The molecule has 0 aliphatic rings. The number of H-pyrrole nitrogens is 1. The summed E-state index contributed by atoms with van der Waals surface area (Å²) in [4.78, 5) is 7.63. The number of aromatic nitrogens is 3. The van der Waals surface area contributed by atoms with Crippen molar-refractivity contribution < 1.29 is 0 Å². The number of aromatic amines is 1. The van der Waals surface area contributed by atoms with E-state index in [0.29, 0.717) is 6.04 Å². The summed E-state index contributed by atoms with van der Waals surface area (Å²) in [7, 11) is 0. The molecule has 5 heteroatoms. The van der Waals surface area contributed by atoms with Crippen LogP contribution in [0.15, 0.2) is 35.2 Å². The summed E-state index contributed by atoms with van der Waals surface area (Å²) in [5.74, 6) is 0. The molecule has 3 heterocycles. The first-order valence-electron chi connectivity index (χ1n) is 5.82. The molecule has 3 rings (SSSR count). The Morgan fingerprint density at radius 3 is 3.17 bits per heavy atom. The van der Waals surface area contributed by atoms with Crippen LogP contribution < -0.4 is 0 Å². The fraction of sp³-hybridized carbons (Fsp3) is 0.231. The summed E-state index contributed by atoms with van der Waals surface area (Å²) in [5.41, 5.74) is 3.28. The van der Waals surface area contributed by atoms with E-state index in [1.54, 1.807) is 17.5 Å². The highest BCUT2D eigenvalue weighted by Crippen LogP contribution is 2.21. The number of pyridine rings is 1. The molecule has 1 N–H and O–H groups in total. The zero-order valence-electron chi connectivity index (χ0n) is 9.96. The van der Waals surface area contributed by atoms with Gasteiger partial charge in [-0.1, -0.05) is 0 Å². The van der Waals surface area contributed by atoms with E-state index in [-0.39, 0.29) is 0 Å². The lowest BCUT2D eigenvalue weighted by molar-refractivity contribution is 0.550. The van der Waals surface area contributed by atoms with Gasteiger partial charge in [-0.25, -0.2) is 4.98 Å². The smallest absolute Gasteiger partial charge is 0.179 e. The second kappa shape index (κ2) is 4.66. The minimum atomic E-state index is 0.302. The molecule has 0 radical (unpaired) electrons. The number of thiophene rings is 1. The van der Waals surface area contributed by atoms with E-state index in [9.17, 15) is 0 Å². The molecule has 0 saturated heterocycles. The van der Waals surface area contributed by atoms with Crippen LogP contribution in [0.5, 0.6) is 0 Å². The summed E-state index contributed by atoms with van der Waals surface area (Å²) in [5, 5.41) is 4.29. The Kier molecular flexibility index (Phi) is 3.01. The molecule has 1 atom stereocenters. The van der Waals surface area contributed by atoms with E-state index >= 15 is 0 Å². The quantitative estimate of drug-likeness (QED) is 0.734. The Hall–Kier alpha value is -1.46. The van der Waals surface area contributed by atoms with Gasteiger partial charge < -0.3 is 4.98 Å². The predicted octanol–water partition coefficient (Wildman–Crippen LogP) is 3.96. The Labute approximate surface area is 114 Å². The van der Waals surface area contributed by atoms with Gasteiger partial charge in [-0.2, -0.15) is 11.3 Å². The van der Waals surface area contributed by atoms with Gasteiger partial charge in [0.1, 0.15) is 0 Å². The number of hydrogen-bond donors (Lipinski definition) is 1. The van der Waals surface area contributed by atoms with Gasteiger partial charge >= 0.3 is 0 Å². The predicted molar refractivity (Wildman–Crippen MR) is 77.7 cm³/mol. The number of fused-ring (bicyclic) bond motifs is 1. The largest absolute Gasteiger partial charge is 0.329 e. The molecule has 0 aromatic carbocycles. The highest BCUT2D eigenvalue weighted by atomic mass is 32.1. The first-order valence-corrected chi connectivity index (χ1v) is 7.17. The van der Waals surface area contributed by atoms with Crippen LogP contribution in [0, 0.1) is 4.77 Å². The van der Waals surface area contributed by atoms with Gasteiger partial charge in [0.25, 0.3) is 0 Å². The zero-order chi connectivity index (χ0) is 12.5. The molecular formula is C13H13N3S2. The molecule has 18 heavy (non-hydrogen) atoms. The normalized spacial score (nSPS) is 12.9. The molecule has 0 spiro atoms. The van der Waals surface area contributed by atoms with E-state index in [1.165, 1.54) is 5.56 Å². The van der Waals surface area contributed by atoms with Gasteiger partial charge in [0.2, 0.25) is 0 Å². The van der Waals surface area contributed by atoms with E-state index in [2.05, 4.69) is 38.3 Å². The third kappa shape index (κ3) is 2.00. The lowest BCUT2D eigenvalue weighted by Gasteiger charge is -2.13. The van der Waals surface area contributed by atoms with Gasteiger partial charge in [-0.3, -0.25) is 4.57 Å². The number of rotatable bonds is 3. The van der Waals surface area contributed by atoms with Crippen LogP contribution in [-0.4, -0.2) is 14.5 Å². The summed E-state index contributed by atoms with van der Waals surface area (Å²) in [6.45, 7) is 2.18. The number of nitrogens with one attached hydrogen (secondary N) is 1. The average Bonchev–Trinajstić information content (AvgIpc) is 2.94. The van der Waals surface area contributed by atoms with Crippen molar-refractivity contribution in [2.75, 3.05) is 0 Å². The van der Waals surface area contributed by atoms with Gasteiger partial charge in [0.05, 0.1) is 5.52 Å². The first kappa shape index (κ1) is 11.6. The van der Waals surface area contributed by atoms with Crippen molar-refractivity contribution in [3.8, 4) is 0 Å². The number of imidazole rings is 1. The molecule has 3 aromatic rings. The molecule has 3 aromatic heterocycles. The lowest BCUT2D eigenvalue weighted by Crippen LogP contribution is -2.08. The maximum atomic E-state index is 5.39. The van der Waals surface area contributed by atoms with Crippen LogP contribution in [-0.2, 0) is 6.42 Å². The SMILES string of the molecule is CC(Cc1ccsc1)n1c(=S)[nH]c2cccnc21. The first-order chi connectivity index (χ1) is 8.75. The molecule has 0 aliphatic heterocycles. The molecule has 0 bridgehead atoms. The maximum Gasteiger partial charge on any atom is 0.179 e. The fourth-order valence-electron chi connectivity index (χ4n) is 2.21. The van der Waals surface area contributed by atoms with Gasteiger partial charge in [-0.05, 0) is 60.1 Å². The monoisotopic (exact) mass is 275 g/mol. The Morgan fingerprint density at radius 1 is 1.50 bits per heavy atom. The second-order valence-corrected chi connectivity index (χ2v) is 5.53. The number of nitrogens with zero attached hydrogens (tertiary/aromatic N) is 2. The molecule has 92 valence electrons. The van der Waals surface area contributed by atoms with Crippen LogP contribution in [0.1, 0.15) is 18.5 Å². The topological polar surface area (TPSA) is 33.6 Å². The van der Waals surface area contributed by atoms with Crippen LogP contribution in [0.4, 0.5) is 0 Å². The molecule has 0 saturated carbocycles.